The number of nitrogens with zero attached hydrogens (tertiary/aromatic N) is 8. The Morgan fingerprint density at radius 1 is 1.00 bits per heavy atom. The molecule has 3 aliphatic rings. The summed E-state index contributed by atoms with van der Waals surface area (Å²) in [6.07, 6.45) is 9.93. The van der Waals surface area contributed by atoms with Crippen LogP contribution in [0.2, 0.25) is 0 Å². The average Bonchev–Trinajstić information content (AvgIpc) is 3.71. The van der Waals surface area contributed by atoms with Crippen LogP contribution in [0.5, 0.6) is 11.8 Å². The second-order valence-electron chi connectivity index (χ2n) is 14.9. The number of rotatable bonds is 3. The highest BCUT2D eigenvalue weighted by Crippen LogP contribution is 2.36. The lowest BCUT2D eigenvalue weighted by atomic mass is 10.0. The van der Waals surface area contributed by atoms with Gasteiger partial charge in [-0.3, -0.25) is 9.58 Å². The van der Waals surface area contributed by atoms with Crippen molar-refractivity contribution >= 4 is 29.1 Å². The van der Waals surface area contributed by atoms with Crippen molar-refractivity contribution in [1.29, 1.82) is 0 Å². The van der Waals surface area contributed by atoms with Crippen molar-refractivity contribution in [2.45, 2.75) is 90.4 Å². The van der Waals surface area contributed by atoms with Gasteiger partial charge in [0.05, 0.1) is 34.2 Å². The molecule has 50 heavy (non-hydrogen) atoms. The lowest BCUT2D eigenvalue weighted by Crippen LogP contribution is -2.44. The van der Waals surface area contributed by atoms with E-state index in [1.54, 1.807) is 9.58 Å². The van der Waals surface area contributed by atoms with Crippen molar-refractivity contribution in [3.8, 4) is 22.9 Å². The number of likely N-dealkylation sites (tertiary alicyclic amines) is 1. The number of hydrogen-bond donors (Lipinski definition) is 0. The normalized spacial score (nSPS) is 21.6. The first-order valence-corrected chi connectivity index (χ1v) is 17.8. The van der Waals surface area contributed by atoms with E-state index in [1.807, 2.05) is 50.4 Å². The summed E-state index contributed by atoms with van der Waals surface area (Å²) in [4.78, 5) is 16.7. The predicted molar refractivity (Wildman–Crippen MR) is 191 cm³/mol. The van der Waals surface area contributed by atoms with Crippen LogP contribution in [0.3, 0.4) is 0 Å². The van der Waals surface area contributed by atoms with Gasteiger partial charge in [-0.05, 0) is 83.9 Å². The molecule has 3 aliphatic heterocycles. The second kappa shape index (κ2) is 13.7. The van der Waals surface area contributed by atoms with Gasteiger partial charge in [-0.1, -0.05) is 6.07 Å². The van der Waals surface area contributed by atoms with Gasteiger partial charge in [0.25, 0.3) is 0 Å². The smallest absolute Gasteiger partial charge is 0.410 e. The molecule has 0 saturated carbocycles. The summed E-state index contributed by atoms with van der Waals surface area (Å²) < 4.78 is 30.8. The van der Waals surface area contributed by atoms with Crippen LogP contribution in [-0.4, -0.2) is 96.3 Å². The molecule has 1 aromatic carbocycles. The molecular formula is C37H50N8O5. The first-order chi connectivity index (χ1) is 23.9. The van der Waals surface area contributed by atoms with Crippen LogP contribution in [-0.2, 0) is 30.1 Å². The zero-order valence-electron chi connectivity index (χ0n) is 30.4. The van der Waals surface area contributed by atoms with Gasteiger partial charge >= 0.3 is 6.09 Å². The van der Waals surface area contributed by atoms with E-state index in [1.165, 1.54) is 0 Å². The molecule has 0 spiro atoms. The zero-order chi connectivity index (χ0) is 35.2. The Balaban J connectivity index is 1.26. The van der Waals surface area contributed by atoms with Gasteiger partial charge in [-0.2, -0.15) is 10.2 Å². The highest BCUT2D eigenvalue weighted by Gasteiger charge is 2.30. The van der Waals surface area contributed by atoms with Gasteiger partial charge < -0.3 is 23.8 Å². The van der Waals surface area contributed by atoms with Gasteiger partial charge in [0, 0.05) is 65.1 Å². The first kappa shape index (κ1) is 34.1. The highest BCUT2D eigenvalue weighted by molar-refractivity contribution is 5.93. The van der Waals surface area contributed by atoms with Crippen LogP contribution in [0.1, 0.15) is 83.0 Å². The van der Waals surface area contributed by atoms with E-state index >= 15 is 0 Å². The van der Waals surface area contributed by atoms with E-state index in [2.05, 4.69) is 54.3 Å². The van der Waals surface area contributed by atoms with Crippen LogP contribution in [0, 0.1) is 0 Å². The van der Waals surface area contributed by atoms with Crippen LogP contribution in [0.15, 0.2) is 24.4 Å². The third-order valence-electron chi connectivity index (χ3n) is 9.61. The van der Waals surface area contributed by atoms with Crippen LogP contribution in [0.25, 0.3) is 34.2 Å². The Bertz CT molecular complexity index is 1870. The van der Waals surface area contributed by atoms with Gasteiger partial charge in [0.2, 0.25) is 11.8 Å². The lowest BCUT2D eigenvalue weighted by molar-refractivity contribution is -0.0367. The molecule has 4 aromatic rings. The number of likely N-dealkylation sites (N-methyl/N-ethyl adjacent to an activating group) is 1. The molecule has 2 saturated heterocycles. The number of fused-ring (bicyclic) bond motifs is 4. The van der Waals surface area contributed by atoms with Crippen LogP contribution < -0.4 is 9.47 Å². The Morgan fingerprint density at radius 3 is 2.54 bits per heavy atom. The van der Waals surface area contributed by atoms with Gasteiger partial charge in [0.1, 0.15) is 17.8 Å². The maximum Gasteiger partial charge on any atom is 0.410 e. The van der Waals surface area contributed by atoms with Crippen molar-refractivity contribution in [2.24, 2.45) is 14.1 Å². The second-order valence-corrected chi connectivity index (χ2v) is 14.9. The molecule has 13 heteroatoms. The fourth-order valence-corrected chi connectivity index (χ4v) is 7.14. The molecule has 7 rings (SSSR count). The number of benzene rings is 1. The molecule has 0 aliphatic carbocycles. The quantitative estimate of drug-likeness (QED) is 0.255. The number of aromatic nitrogens is 6. The van der Waals surface area contributed by atoms with Crippen LogP contribution >= 0.6 is 0 Å². The van der Waals surface area contributed by atoms with Gasteiger partial charge in [-0.25, -0.2) is 14.2 Å². The lowest BCUT2D eigenvalue weighted by Gasteiger charge is -2.33. The molecule has 1 unspecified atom stereocenters. The minimum Gasteiger partial charge on any atom is -0.473 e. The number of aryl methyl sites for hydroxylation is 2. The number of amides is 1. The summed E-state index contributed by atoms with van der Waals surface area (Å²) in [7, 11) is 5.97. The third-order valence-corrected chi connectivity index (χ3v) is 9.61. The molecular weight excluding hydrogens is 636 g/mol. The van der Waals surface area contributed by atoms with E-state index < -0.39 is 5.60 Å². The van der Waals surface area contributed by atoms with Crippen molar-refractivity contribution in [1.82, 2.24) is 39.1 Å². The maximum absolute atomic E-state index is 12.7. The molecule has 0 radical (unpaired) electrons. The van der Waals surface area contributed by atoms with E-state index in [0.29, 0.717) is 44.9 Å². The Labute approximate surface area is 293 Å². The largest absolute Gasteiger partial charge is 0.473 e. The van der Waals surface area contributed by atoms with Gasteiger partial charge in [-0.15, -0.1) is 5.10 Å². The first-order valence-electron chi connectivity index (χ1n) is 17.8. The molecule has 2 fully saturated rings. The standard InChI is InChI=1S/C37H50N8O5/c1-24-22-41(5)23-32-27(34(40-42(32)6)49-26-15-17-44(18-16-26)36(46)50-37(2,3)4)12-13-30-28-20-25(29-21-38-43(7)35(29)48-24)11-14-31(28)45(39-30)33-10-8-9-19-47-33/h11-14,20-21,24,26,33H,8-10,15-19,22-23H2,1-7H3/b13-12+/t24-,33?/m0/s1. The number of carbonyl (C=O) groups excluding carboxylic acids is 1. The van der Waals surface area contributed by atoms with E-state index in [9.17, 15) is 4.79 Å². The van der Waals surface area contributed by atoms with E-state index in [0.717, 1.165) is 70.7 Å². The number of hydrogen-bond acceptors (Lipinski definition) is 9. The highest BCUT2D eigenvalue weighted by atomic mass is 16.6. The van der Waals surface area contributed by atoms with Crippen molar-refractivity contribution in [3.05, 3.63) is 41.3 Å². The fraction of sp³-hybridized carbons (Fsp3) is 0.568. The summed E-state index contributed by atoms with van der Waals surface area (Å²) in [5, 5.41) is 15.6. The summed E-state index contributed by atoms with van der Waals surface area (Å²) in [6.45, 7) is 10.9. The Hall–Kier alpha value is -4.36. The molecule has 3 aromatic heterocycles. The SMILES string of the molecule is C[C@H]1CN(C)Cc2c(c(OC3CCN(C(=O)OC(C)(C)C)CC3)nn2C)/C=C/c2nn(C3CCCCO3)c3ccc(cc23)-c2cnn(C)c2O1. The summed E-state index contributed by atoms with van der Waals surface area (Å²) in [5.74, 6) is 1.31. The fourth-order valence-electron chi connectivity index (χ4n) is 7.14. The van der Waals surface area contributed by atoms with Gasteiger partial charge in [0.15, 0.2) is 6.23 Å². The molecule has 13 nitrogen and oxygen atoms in total. The molecule has 268 valence electrons. The molecule has 2 bridgehead atoms. The molecule has 2 atom stereocenters. The van der Waals surface area contributed by atoms with E-state index in [-0.39, 0.29) is 24.5 Å². The van der Waals surface area contributed by atoms with Crippen molar-refractivity contribution < 1.29 is 23.7 Å². The molecule has 6 heterocycles. The van der Waals surface area contributed by atoms with E-state index in [4.69, 9.17) is 29.1 Å². The minimum absolute atomic E-state index is 0.0815. The van der Waals surface area contributed by atoms with Crippen molar-refractivity contribution in [3.63, 3.8) is 0 Å². The topological polar surface area (TPSA) is 114 Å². The Morgan fingerprint density at radius 2 is 1.80 bits per heavy atom. The summed E-state index contributed by atoms with van der Waals surface area (Å²) >= 11 is 0. The molecule has 1 amide bonds. The predicted octanol–water partition coefficient (Wildman–Crippen LogP) is 6.03. The molecule has 0 N–H and O–H groups in total. The number of ether oxygens (including phenoxy) is 4. The summed E-state index contributed by atoms with van der Waals surface area (Å²) in [6, 6.07) is 6.43. The average molecular weight is 687 g/mol. The number of carbonyl (C=O) groups is 1. The zero-order valence-corrected chi connectivity index (χ0v) is 30.4. The minimum atomic E-state index is -0.530. The monoisotopic (exact) mass is 686 g/mol. The van der Waals surface area contributed by atoms with Crippen LogP contribution in [0.4, 0.5) is 4.79 Å². The maximum atomic E-state index is 12.7. The van der Waals surface area contributed by atoms with Crippen molar-refractivity contribution in [2.75, 3.05) is 33.3 Å². The third kappa shape index (κ3) is 7.11. The Kier molecular flexibility index (Phi) is 9.38. The summed E-state index contributed by atoms with van der Waals surface area (Å²) in [5.41, 5.74) is 5.22. The number of piperidine rings is 1.